The number of anilines is 1. The molecule has 9 nitrogen and oxygen atoms in total. The molecule has 33 heavy (non-hydrogen) atoms. The van der Waals surface area contributed by atoms with Crippen LogP contribution in [0.3, 0.4) is 0 Å². The molecule has 0 radical (unpaired) electrons. The lowest BCUT2D eigenvalue weighted by atomic mass is 10.1. The summed E-state index contributed by atoms with van der Waals surface area (Å²) in [6.45, 7) is 1.30. The summed E-state index contributed by atoms with van der Waals surface area (Å²) in [5, 5.41) is 13.4. The Morgan fingerprint density at radius 2 is 1.39 bits per heavy atom. The summed E-state index contributed by atoms with van der Waals surface area (Å²) in [6.07, 6.45) is 0.343. The first-order valence-corrected chi connectivity index (χ1v) is 9.98. The monoisotopic (exact) mass is 448 g/mol. The number of amides is 1. The van der Waals surface area contributed by atoms with Gasteiger partial charge in [-0.2, -0.15) is 0 Å². The van der Waals surface area contributed by atoms with Crippen LogP contribution in [0.5, 0.6) is 11.5 Å². The number of Topliss-reactive ketones (excluding diaryl/α,β-unsaturated/α-hetero) is 1. The summed E-state index contributed by atoms with van der Waals surface area (Å²) in [7, 11) is 0. The molecule has 168 valence electrons. The molecule has 0 aliphatic carbocycles. The second-order valence-electron chi connectivity index (χ2n) is 6.86. The fourth-order valence-corrected chi connectivity index (χ4v) is 2.72. The van der Waals surface area contributed by atoms with Crippen LogP contribution in [0.1, 0.15) is 34.1 Å². The third-order valence-corrected chi connectivity index (χ3v) is 4.52. The molecule has 0 aliphatic rings. The summed E-state index contributed by atoms with van der Waals surface area (Å²) in [5.41, 5.74) is 1.10. The van der Waals surface area contributed by atoms with Gasteiger partial charge >= 0.3 is 5.97 Å². The van der Waals surface area contributed by atoms with Crippen molar-refractivity contribution in [2.24, 2.45) is 0 Å². The quantitative estimate of drug-likeness (QED) is 0.216. The lowest BCUT2D eigenvalue weighted by molar-refractivity contribution is -0.384. The molecule has 0 aliphatic heterocycles. The van der Waals surface area contributed by atoms with Gasteiger partial charge in [0.25, 0.3) is 5.69 Å². The first-order valence-electron chi connectivity index (χ1n) is 9.98. The Kier molecular flexibility index (Phi) is 7.48. The topological polar surface area (TPSA) is 125 Å². The van der Waals surface area contributed by atoms with E-state index in [9.17, 15) is 24.5 Å². The number of ketones is 1. The van der Waals surface area contributed by atoms with Gasteiger partial charge in [0.05, 0.1) is 10.5 Å². The van der Waals surface area contributed by atoms with Crippen molar-refractivity contribution in [3.63, 3.8) is 0 Å². The van der Waals surface area contributed by atoms with Crippen molar-refractivity contribution >= 4 is 29.0 Å². The van der Waals surface area contributed by atoms with Gasteiger partial charge < -0.3 is 14.8 Å². The highest BCUT2D eigenvalue weighted by Crippen LogP contribution is 2.24. The van der Waals surface area contributed by atoms with Crippen LogP contribution in [0.15, 0.2) is 72.8 Å². The molecule has 0 fully saturated rings. The number of carbonyl (C=O) groups excluding carboxylic acids is 3. The minimum Gasteiger partial charge on any atom is -0.457 e. The number of benzene rings is 3. The Morgan fingerprint density at radius 3 is 1.94 bits per heavy atom. The van der Waals surface area contributed by atoms with Gasteiger partial charge in [-0.15, -0.1) is 0 Å². The molecule has 1 amide bonds. The maximum Gasteiger partial charge on any atom is 0.338 e. The number of rotatable bonds is 9. The van der Waals surface area contributed by atoms with Gasteiger partial charge in [0, 0.05) is 29.8 Å². The molecule has 0 heterocycles. The van der Waals surface area contributed by atoms with Gasteiger partial charge in [0.2, 0.25) is 5.91 Å². The van der Waals surface area contributed by atoms with Crippen LogP contribution in [0, 0.1) is 10.1 Å². The number of nitrogens with one attached hydrogen (secondary N) is 1. The summed E-state index contributed by atoms with van der Waals surface area (Å²) < 4.78 is 10.7. The van der Waals surface area contributed by atoms with E-state index in [1.165, 1.54) is 48.5 Å². The van der Waals surface area contributed by atoms with Crippen molar-refractivity contribution in [1.82, 2.24) is 0 Å². The lowest BCUT2D eigenvalue weighted by Crippen LogP contribution is -2.14. The van der Waals surface area contributed by atoms with Crippen LogP contribution in [-0.2, 0) is 9.53 Å². The highest BCUT2D eigenvalue weighted by atomic mass is 16.6. The van der Waals surface area contributed by atoms with Crippen LogP contribution in [-0.4, -0.2) is 29.2 Å². The van der Waals surface area contributed by atoms with Crippen molar-refractivity contribution in [3.05, 3.63) is 94.0 Å². The van der Waals surface area contributed by atoms with E-state index in [2.05, 4.69) is 5.32 Å². The largest absolute Gasteiger partial charge is 0.457 e. The predicted molar refractivity (Wildman–Crippen MR) is 120 cm³/mol. The molecule has 0 atom stereocenters. The summed E-state index contributed by atoms with van der Waals surface area (Å²) in [4.78, 5) is 46.1. The maximum atomic E-state index is 12.3. The SMILES string of the molecule is CCC(=O)Nc1ccc(C(=O)OCC(=O)c2ccc(Oc3ccc([N+](=O)[O-])cc3)cc2)cc1. The zero-order valence-corrected chi connectivity index (χ0v) is 17.6. The zero-order valence-electron chi connectivity index (χ0n) is 17.6. The lowest BCUT2D eigenvalue weighted by Gasteiger charge is -2.08. The number of hydrogen-bond donors (Lipinski definition) is 1. The number of nitro benzene ring substituents is 1. The Bertz CT molecular complexity index is 1150. The molecule has 3 aromatic rings. The van der Waals surface area contributed by atoms with E-state index in [1.54, 1.807) is 31.2 Å². The molecule has 9 heteroatoms. The number of nitro groups is 1. The normalized spacial score (nSPS) is 10.2. The number of nitrogens with zero attached hydrogens (tertiary/aromatic N) is 1. The molecule has 1 N–H and O–H groups in total. The summed E-state index contributed by atoms with van der Waals surface area (Å²) in [6, 6.07) is 18.0. The third-order valence-electron chi connectivity index (χ3n) is 4.52. The van der Waals surface area contributed by atoms with E-state index in [4.69, 9.17) is 9.47 Å². The summed E-state index contributed by atoms with van der Waals surface area (Å²) in [5.74, 6) is -0.339. The van der Waals surface area contributed by atoms with Gasteiger partial charge in [-0.1, -0.05) is 6.92 Å². The minimum absolute atomic E-state index is 0.0444. The molecular weight excluding hydrogens is 428 g/mol. The fourth-order valence-electron chi connectivity index (χ4n) is 2.72. The van der Waals surface area contributed by atoms with E-state index >= 15 is 0 Å². The molecule has 0 aromatic heterocycles. The maximum absolute atomic E-state index is 12.3. The van der Waals surface area contributed by atoms with Crippen LogP contribution >= 0.6 is 0 Å². The minimum atomic E-state index is -0.658. The van der Waals surface area contributed by atoms with Crippen molar-refractivity contribution < 1.29 is 28.8 Å². The second kappa shape index (κ2) is 10.7. The molecule has 0 bridgehead atoms. The predicted octanol–water partition coefficient (Wildman–Crippen LogP) is 4.78. The molecule has 3 rings (SSSR count). The molecule has 0 saturated heterocycles. The van der Waals surface area contributed by atoms with E-state index in [-0.39, 0.29) is 17.2 Å². The Morgan fingerprint density at radius 1 is 0.848 bits per heavy atom. The Balaban J connectivity index is 1.52. The highest BCUT2D eigenvalue weighted by molar-refractivity contribution is 5.99. The highest BCUT2D eigenvalue weighted by Gasteiger charge is 2.13. The first kappa shape index (κ1) is 23.1. The van der Waals surface area contributed by atoms with Gasteiger partial charge in [-0.05, 0) is 60.7 Å². The van der Waals surface area contributed by atoms with Gasteiger partial charge in [0.15, 0.2) is 12.4 Å². The zero-order chi connectivity index (χ0) is 23.8. The van der Waals surface area contributed by atoms with E-state index in [0.717, 1.165) is 0 Å². The van der Waals surface area contributed by atoms with Gasteiger partial charge in [-0.3, -0.25) is 19.7 Å². The molecule has 0 spiro atoms. The van der Waals surface area contributed by atoms with Crippen molar-refractivity contribution in [2.45, 2.75) is 13.3 Å². The molecule has 0 unspecified atom stereocenters. The molecular formula is C24H20N2O7. The van der Waals surface area contributed by atoms with Crippen LogP contribution < -0.4 is 10.1 Å². The van der Waals surface area contributed by atoms with Crippen molar-refractivity contribution in [2.75, 3.05) is 11.9 Å². The van der Waals surface area contributed by atoms with Gasteiger partial charge in [0.1, 0.15) is 11.5 Å². The smallest absolute Gasteiger partial charge is 0.338 e. The van der Waals surface area contributed by atoms with Crippen LogP contribution in [0.2, 0.25) is 0 Å². The molecule has 0 saturated carbocycles. The Hall–Kier alpha value is -4.53. The number of non-ortho nitro benzene ring substituents is 1. The number of hydrogen-bond acceptors (Lipinski definition) is 7. The van der Waals surface area contributed by atoms with E-state index in [0.29, 0.717) is 29.2 Å². The molecule has 3 aromatic carbocycles. The fraction of sp³-hybridized carbons (Fsp3) is 0.125. The van der Waals surface area contributed by atoms with E-state index in [1.807, 2.05) is 0 Å². The van der Waals surface area contributed by atoms with Crippen molar-refractivity contribution in [3.8, 4) is 11.5 Å². The van der Waals surface area contributed by atoms with E-state index < -0.39 is 23.3 Å². The Labute approximate surface area is 189 Å². The van der Waals surface area contributed by atoms with Crippen molar-refractivity contribution in [1.29, 1.82) is 0 Å². The summed E-state index contributed by atoms with van der Waals surface area (Å²) >= 11 is 0. The average Bonchev–Trinajstić information content (AvgIpc) is 2.83. The standard InChI is InChI=1S/C24H20N2O7/c1-2-23(28)25-18-7-3-17(4-8-18)24(29)32-15-22(27)16-5-11-20(12-6-16)33-21-13-9-19(10-14-21)26(30)31/h3-14H,2,15H2,1H3,(H,25,28). The third kappa shape index (κ3) is 6.47. The van der Waals surface area contributed by atoms with Crippen LogP contribution in [0.25, 0.3) is 0 Å². The number of esters is 1. The second-order valence-corrected chi connectivity index (χ2v) is 6.86. The van der Waals surface area contributed by atoms with Gasteiger partial charge in [-0.25, -0.2) is 4.79 Å². The number of carbonyl (C=O) groups is 3. The average molecular weight is 448 g/mol. The first-order chi connectivity index (χ1) is 15.9. The number of ether oxygens (including phenoxy) is 2. The van der Waals surface area contributed by atoms with Crippen LogP contribution in [0.4, 0.5) is 11.4 Å².